The van der Waals surface area contributed by atoms with Gasteiger partial charge in [-0.05, 0) is 13.8 Å². The molecule has 9 nitrogen and oxygen atoms in total. The van der Waals surface area contributed by atoms with Gasteiger partial charge < -0.3 is 23.6 Å². The summed E-state index contributed by atoms with van der Waals surface area (Å²) >= 11 is 0. The van der Waals surface area contributed by atoms with E-state index in [2.05, 4.69) is 0 Å². The van der Waals surface area contributed by atoms with Gasteiger partial charge in [0.05, 0.1) is 13.2 Å². The van der Waals surface area contributed by atoms with Gasteiger partial charge in [-0.25, -0.2) is 4.79 Å². The first-order valence-corrected chi connectivity index (χ1v) is 8.85. The van der Waals surface area contributed by atoms with E-state index in [1.807, 2.05) is 4.98 Å². The van der Waals surface area contributed by atoms with Gasteiger partial charge >= 0.3 is 11.6 Å². The number of rotatable bonds is 8. The Morgan fingerprint density at radius 2 is 2.00 bits per heavy atom. The third-order valence-corrected chi connectivity index (χ3v) is 4.69. The zero-order chi connectivity index (χ0) is 18.6. The van der Waals surface area contributed by atoms with Gasteiger partial charge in [0.1, 0.15) is 6.35 Å². The highest BCUT2D eigenvalue weighted by atomic mass is 31.2. The van der Waals surface area contributed by atoms with Gasteiger partial charge in [0, 0.05) is 12.3 Å². The van der Waals surface area contributed by atoms with Crippen LogP contribution in [-0.4, -0.2) is 52.5 Å². The first-order valence-electron chi connectivity index (χ1n) is 7.49. The summed E-state index contributed by atoms with van der Waals surface area (Å²) < 4.78 is 49.8. The summed E-state index contributed by atoms with van der Waals surface area (Å²) in [4.78, 5) is 24.6. The molecular formula is C13H19F2N2O7P. The number of aromatic nitrogens is 2. The maximum atomic E-state index is 14.3. The first-order chi connectivity index (χ1) is 11.8. The number of hydrogen-bond acceptors (Lipinski definition) is 7. The van der Waals surface area contributed by atoms with Crippen LogP contribution in [0.3, 0.4) is 0 Å². The SMILES string of the molecule is CCOP(COC1OC(n2ccc(=O)[nH]c2=O)C(F)(F)C1O)OCC. The molecule has 2 N–H and O–H groups in total. The molecule has 3 unspecified atom stereocenters. The second-order valence-corrected chi connectivity index (χ2v) is 6.40. The Labute approximate surface area is 142 Å². The fourth-order valence-corrected chi connectivity index (χ4v) is 3.22. The summed E-state index contributed by atoms with van der Waals surface area (Å²) in [5.74, 6) is -3.81. The number of halogens is 2. The van der Waals surface area contributed by atoms with Gasteiger partial charge in [-0.1, -0.05) is 0 Å². The smallest absolute Gasteiger partial charge is 0.330 e. The average Bonchev–Trinajstić information content (AvgIpc) is 2.76. The van der Waals surface area contributed by atoms with Crippen molar-refractivity contribution in [3.63, 3.8) is 0 Å². The highest BCUT2D eigenvalue weighted by molar-refractivity contribution is 7.47. The van der Waals surface area contributed by atoms with Crippen LogP contribution in [0.15, 0.2) is 21.9 Å². The Hall–Kier alpha value is -1.23. The maximum absolute atomic E-state index is 14.3. The van der Waals surface area contributed by atoms with Gasteiger partial charge in [-0.3, -0.25) is 14.3 Å². The van der Waals surface area contributed by atoms with E-state index in [1.54, 1.807) is 13.8 Å². The van der Waals surface area contributed by atoms with Crippen molar-refractivity contribution in [2.24, 2.45) is 0 Å². The molecule has 0 aromatic carbocycles. The van der Waals surface area contributed by atoms with Crippen LogP contribution in [-0.2, 0) is 18.5 Å². The highest BCUT2D eigenvalue weighted by Gasteiger charge is 2.60. The van der Waals surface area contributed by atoms with Gasteiger partial charge in [-0.15, -0.1) is 0 Å². The minimum absolute atomic E-state index is 0.192. The number of nitrogens with one attached hydrogen (secondary N) is 1. The van der Waals surface area contributed by atoms with Gasteiger partial charge in [0.25, 0.3) is 5.56 Å². The fraction of sp³-hybridized carbons (Fsp3) is 0.692. The van der Waals surface area contributed by atoms with Crippen LogP contribution in [0.5, 0.6) is 0 Å². The summed E-state index contributed by atoms with van der Waals surface area (Å²) in [6.45, 7) is 4.16. The van der Waals surface area contributed by atoms with E-state index in [1.165, 1.54) is 0 Å². The number of aromatic amines is 1. The van der Waals surface area contributed by atoms with E-state index in [0.29, 0.717) is 17.8 Å². The minimum Gasteiger partial charge on any atom is -0.382 e. The molecule has 0 spiro atoms. The zero-order valence-corrected chi connectivity index (χ0v) is 14.4. The average molecular weight is 384 g/mol. The molecule has 142 valence electrons. The highest BCUT2D eigenvalue weighted by Crippen LogP contribution is 2.44. The Bertz CT molecular complexity index is 677. The number of ether oxygens (including phenoxy) is 2. The molecule has 2 rings (SSSR count). The zero-order valence-electron chi connectivity index (χ0n) is 13.6. The Balaban J connectivity index is 2.13. The molecule has 1 aromatic rings. The molecule has 0 amide bonds. The molecule has 1 aliphatic heterocycles. The quantitative estimate of drug-likeness (QED) is 0.636. The van der Waals surface area contributed by atoms with E-state index in [0.717, 1.165) is 12.3 Å². The summed E-state index contributed by atoms with van der Waals surface area (Å²) in [5, 5.41) is 9.80. The standard InChI is InChI=1S/C13H19F2N2O7P/c1-3-22-25(23-4-2)7-21-10-9(19)13(14,15)11(24-10)17-6-5-8(18)16-12(17)20/h5-6,9-11,19H,3-4,7H2,1-2H3,(H,16,18,20). The molecule has 1 fully saturated rings. The minimum atomic E-state index is -3.81. The lowest BCUT2D eigenvalue weighted by molar-refractivity contribution is -0.169. The van der Waals surface area contributed by atoms with E-state index >= 15 is 0 Å². The van der Waals surface area contributed by atoms with E-state index in [-0.39, 0.29) is 6.35 Å². The second kappa shape index (κ2) is 8.43. The third-order valence-electron chi connectivity index (χ3n) is 3.24. The van der Waals surface area contributed by atoms with Gasteiger partial charge in [0.2, 0.25) is 6.23 Å². The van der Waals surface area contributed by atoms with Crippen molar-refractivity contribution in [2.45, 2.75) is 38.4 Å². The van der Waals surface area contributed by atoms with Gasteiger partial charge in [-0.2, -0.15) is 8.78 Å². The largest absolute Gasteiger partial charge is 0.382 e. The van der Waals surface area contributed by atoms with E-state index in [4.69, 9.17) is 18.5 Å². The number of aliphatic hydroxyl groups is 1. The summed E-state index contributed by atoms with van der Waals surface area (Å²) in [5.41, 5.74) is -1.83. The van der Waals surface area contributed by atoms with Crippen molar-refractivity contribution in [1.29, 1.82) is 0 Å². The van der Waals surface area contributed by atoms with Crippen molar-refractivity contribution in [2.75, 3.05) is 19.6 Å². The van der Waals surface area contributed by atoms with Crippen LogP contribution in [0.2, 0.25) is 0 Å². The molecule has 0 saturated carbocycles. The summed E-state index contributed by atoms with van der Waals surface area (Å²) in [7, 11) is -1.48. The van der Waals surface area contributed by atoms with E-state index < -0.39 is 44.2 Å². The lowest BCUT2D eigenvalue weighted by atomic mass is 10.2. The number of H-pyrrole nitrogens is 1. The third kappa shape index (κ3) is 4.49. The molecule has 3 atom stereocenters. The monoisotopic (exact) mass is 384 g/mol. The van der Waals surface area contributed by atoms with Crippen molar-refractivity contribution < 1.29 is 32.4 Å². The number of nitrogens with zero attached hydrogens (tertiary/aromatic N) is 1. The second-order valence-electron chi connectivity index (χ2n) is 4.96. The molecule has 12 heteroatoms. The molecule has 2 heterocycles. The number of aliphatic hydroxyl groups excluding tert-OH is 1. The first kappa shape index (κ1) is 20.1. The van der Waals surface area contributed by atoms with Crippen LogP contribution in [0.25, 0.3) is 0 Å². The topological polar surface area (TPSA) is 112 Å². The molecular weight excluding hydrogens is 365 g/mol. The Kier molecular flexibility index (Phi) is 6.78. The van der Waals surface area contributed by atoms with E-state index in [9.17, 15) is 23.5 Å². The normalized spacial score (nSPS) is 25.6. The lowest BCUT2D eigenvalue weighted by Crippen LogP contribution is -2.42. The number of hydrogen-bond donors (Lipinski definition) is 2. The maximum Gasteiger partial charge on any atom is 0.330 e. The summed E-state index contributed by atoms with van der Waals surface area (Å²) in [6.07, 6.45) is -5.45. The molecule has 0 radical (unpaired) electrons. The molecule has 1 aromatic heterocycles. The predicted octanol–water partition coefficient (Wildman–Crippen LogP) is 0.747. The molecule has 0 aliphatic carbocycles. The fourth-order valence-electron chi connectivity index (χ4n) is 2.15. The molecule has 1 saturated heterocycles. The van der Waals surface area contributed by atoms with Crippen molar-refractivity contribution in [3.8, 4) is 0 Å². The van der Waals surface area contributed by atoms with Crippen LogP contribution in [0.4, 0.5) is 8.78 Å². The van der Waals surface area contributed by atoms with Crippen LogP contribution >= 0.6 is 8.38 Å². The molecule has 1 aliphatic rings. The lowest BCUT2D eigenvalue weighted by Gasteiger charge is -2.20. The van der Waals surface area contributed by atoms with Crippen molar-refractivity contribution in [1.82, 2.24) is 9.55 Å². The molecule has 0 bridgehead atoms. The van der Waals surface area contributed by atoms with Gasteiger partial charge in [0.15, 0.2) is 20.8 Å². The van der Waals surface area contributed by atoms with Crippen molar-refractivity contribution >= 4 is 8.38 Å². The van der Waals surface area contributed by atoms with Crippen LogP contribution in [0.1, 0.15) is 20.1 Å². The van der Waals surface area contributed by atoms with Crippen LogP contribution in [0, 0.1) is 0 Å². The van der Waals surface area contributed by atoms with Crippen LogP contribution < -0.4 is 11.2 Å². The number of alkyl halides is 2. The molecule has 25 heavy (non-hydrogen) atoms. The predicted molar refractivity (Wildman–Crippen MR) is 82.3 cm³/mol. The van der Waals surface area contributed by atoms with Crippen molar-refractivity contribution in [3.05, 3.63) is 33.1 Å². The summed E-state index contributed by atoms with van der Waals surface area (Å²) in [6, 6.07) is 0.894. The Morgan fingerprint density at radius 3 is 2.56 bits per heavy atom. The Morgan fingerprint density at radius 1 is 1.36 bits per heavy atom.